The van der Waals surface area contributed by atoms with Crippen LogP contribution in [-0.2, 0) is 0 Å². The lowest BCUT2D eigenvalue weighted by Crippen LogP contribution is -2.18. The number of thioether (sulfide) groups is 1. The molecule has 8 nitrogen and oxygen atoms in total. The second-order valence-corrected chi connectivity index (χ2v) is 9.37. The lowest BCUT2D eigenvalue weighted by atomic mass is 10.1. The highest BCUT2D eigenvalue weighted by atomic mass is 35.5. The smallest absolute Gasteiger partial charge is 0.338 e. The van der Waals surface area contributed by atoms with E-state index in [4.69, 9.17) is 46.4 Å². The zero-order valence-electron chi connectivity index (χ0n) is 17.2. The standard InChI is InChI=1S/C22H12Cl4N2O6S/c23-17-15(16(22(31)32)18(24)20(26)19(17)25)21(30)27-11-4-2-6-13(8-11)35-9-14(29)10-3-1-5-12(7-10)28(33)34/h1-8H,9H2,(H,27,30)(H,31,32). The third-order valence-electron chi connectivity index (χ3n) is 4.55. The first-order valence-electron chi connectivity index (χ1n) is 9.42. The number of nitrogens with one attached hydrogen (secondary N) is 1. The van der Waals surface area contributed by atoms with Crippen molar-refractivity contribution in [3.63, 3.8) is 0 Å². The van der Waals surface area contributed by atoms with Crippen molar-refractivity contribution in [2.24, 2.45) is 0 Å². The van der Waals surface area contributed by atoms with E-state index in [2.05, 4.69) is 5.32 Å². The number of anilines is 1. The van der Waals surface area contributed by atoms with Gasteiger partial charge in [0, 0.05) is 28.3 Å². The maximum Gasteiger partial charge on any atom is 0.338 e. The van der Waals surface area contributed by atoms with Crippen molar-refractivity contribution < 1.29 is 24.4 Å². The van der Waals surface area contributed by atoms with Crippen LogP contribution in [0.25, 0.3) is 0 Å². The van der Waals surface area contributed by atoms with Gasteiger partial charge in [-0.15, -0.1) is 11.8 Å². The Bertz CT molecular complexity index is 1380. The van der Waals surface area contributed by atoms with Gasteiger partial charge in [-0.1, -0.05) is 64.6 Å². The summed E-state index contributed by atoms with van der Waals surface area (Å²) in [5, 5.41) is 21.6. The fraction of sp³-hybridized carbons (Fsp3) is 0.0455. The predicted molar refractivity (Wildman–Crippen MR) is 136 cm³/mol. The Morgan fingerprint density at radius 3 is 2.17 bits per heavy atom. The SMILES string of the molecule is O=C(CSc1cccc(NC(=O)c2c(Cl)c(Cl)c(Cl)c(Cl)c2C(=O)O)c1)c1cccc([N+](=O)[O-])c1. The number of carbonyl (C=O) groups is 3. The molecule has 2 N–H and O–H groups in total. The second kappa shape index (κ2) is 11.3. The van der Waals surface area contributed by atoms with Crippen LogP contribution in [0.15, 0.2) is 53.4 Å². The van der Waals surface area contributed by atoms with Crippen molar-refractivity contribution in [3.8, 4) is 0 Å². The van der Waals surface area contributed by atoms with Crippen LogP contribution in [0.3, 0.4) is 0 Å². The van der Waals surface area contributed by atoms with Crippen LogP contribution in [0.5, 0.6) is 0 Å². The monoisotopic (exact) mass is 572 g/mol. The maximum absolute atomic E-state index is 12.9. The average molecular weight is 574 g/mol. The number of benzene rings is 3. The third kappa shape index (κ3) is 6.06. The molecule has 0 unspecified atom stereocenters. The number of hydrogen-bond donors (Lipinski definition) is 2. The molecule has 35 heavy (non-hydrogen) atoms. The number of non-ortho nitro benzene ring substituents is 1. The van der Waals surface area contributed by atoms with E-state index in [1.807, 2.05) is 0 Å². The third-order valence-corrected chi connectivity index (χ3v) is 7.34. The van der Waals surface area contributed by atoms with Gasteiger partial charge in [0.25, 0.3) is 11.6 Å². The Morgan fingerprint density at radius 2 is 1.54 bits per heavy atom. The van der Waals surface area contributed by atoms with Crippen molar-refractivity contribution in [2.45, 2.75) is 4.90 Å². The number of aromatic carboxylic acids is 1. The molecule has 0 spiro atoms. The normalized spacial score (nSPS) is 10.6. The fourth-order valence-electron chi connectivity index (χ4n) is 2.93. The van der Waals surface area contributed by atoms with Crippen molar-refractivity contribution >= 4 is 87.2 Å². The summed E-state index contributed by atoms with van der Waals surface area (Å²) >= 11 is 25.1. The second-order valence-electron chi connectivity index (χ2n) is 6.81. The Hall–Kier alpha value is -2.82. The maximum atomic E-state index is 12.9. The van der Waals surface area contributed by atoms with Gasteiger partial charge in [0.2, 0.25) is 0 Å². The van der Waals surface area contributed by atoms with E-state index < -0.39 is 32.9 Å². The Balaban J connectivity index is 1.79. The molecular weight excluding hydrogens is 562 g/mol. The Morgan fingerprint density at radius 1 is 0.914 bits per heavy atom. The molecule has 0 heterocycles. The van der Waals surface area contributed by atoms with Gasteiger partial charge in [-0.3, -0.25) is 19.7 Å². The highest BCUT2D eigenvalue weighted by Gasteiger charge is 2.29. The van der Waals surface area contributed by atoms with E-state index in [1.165, 1.54) is 30.3 Å². The number of Topliss-reactive ketones (excluding diaryl/α,β-unsaturated/α-hetero) is 1. The molecule has 3 aromatic carbocycles. The summed E-state index contributed by atoms with van der Waals surface area (Å²) in [7, 11) is 0. The molecule has 0 saturated heterocycles. The fourth-order valence-corrected chi connectivity index (χ4v) is 4.80. The number of nitro benzene ring substituents is 1. The molecule has 0 aliphatic rings. The zero-order chi connectivity index (χ0) is 25.9. The zero-order valence-corrected chi connectivity index (χ0v) is 21.0. The summed E-state index contributed by atoms with van der Waals surface area (Å²) < 4.78 is 0. The summed E-state index contributed by atoms with van der Waals surface area (Å²) in [6, 6.07) is 11.8. The quantitative estimate of drug-likeness (QED) is 0.0732. The van der Waals surface area contributed by atoms with Crippen LogP contribution in [0, 0.1) is 10.1 Å². The molecule has 0 fully saturated rings. The molecule has 0 aromatic heterocycles. The molecule has 0 radical (unpaired) electrons. The number of hydrogen-bond acceptors (Lipinski definition) is 6. The van der Waals surface area contributed by atoms with Gasteiger partial charge in [-0.05, 0) is 18.2 Å². The number of ketones is 1. The molecule has 0 aliphatic heterocycles. The minimum Gasteiger partial charge on any atom is -0.478 e. The molecule has 3 rings (SSSR count). The van der Waals surface area contributed by atoms with E-state index in [0.717, 1.165) is 11.8 Å². The lowest BCUT2D eigenvalue weighted by Gasteiger charge is -2.14. The van der Waals surface area contributed by atoms with E-state index in [9.17, 15) is 29.6 Å². The molecular formula is C22H12Cl4N2O6S. The first-order chi connectivity index (χ1) is 16.5. The van der Waals surface area contributed by atoms with Crippen molar-refractivity contribution in [1.82, 2.24) is 0 Å². The number of carbonyl (C=O) groups excluding carboxylic acids is 2. The van der Waals surface area contributed by atoms with Crippen LogP contribution >= 0.6 is 58.2 Å². The minimum absolute atomic E-state index is 0.0179. The molecule has 0 saturated carbocycles. The van der Waals surface area contributed by atoms with Crippen LogP contribution in [0.1, 0.15) is 31.1 Å². The van der Waals surface area contributed by atoms with Gasteiger partial charge >= 0.3 is 5.97 Å². The van der Waals surface area contributed by atoms with Gasteiger partial charge in [-0.25, -0.2) is 4.79 Å². The molecule has 0 aliphatic carbocycles. The minimum atomic E-state index is -1.52. The Kier molecular flexibility index (Phi) is 8.63. The predicted octanol–water partition coefficient (Wildman–Crippen LogP) is 7.13. The first-order valence-corrected chi connectivity index (χ1v) is 11.9. The van der Waals surface area contributed by atoms with Crippen LogP contribution in [-0.4, -0.2) is 33.4 Å². The molecule has 0 atom stereocenters. The van der Waals surface area contributed by atoms with Crippen LogP contribution in [0.2, 0.25) is 20.1 Å². The van der Waals surface area contributed by atoms with Gasteiger partial charge in [0.1, 0.15) is 0 Å². The first kappa shape index (κ1) is 26.8. The van der Waals surface area contributed by atoms with Crippen molar-refractivity contribution in [1.29, 1.82) is 0 Å². The van der Waals surface area contributed by atoms with Gasteiger partial charge in [0.15, 0.2) is 5.78 Å². The highest BCUT2D eigenvalue weighted by Crippen LogP contribution is 2.42. The molecule has 180 valence electrons. The van der Waals surface area contributed by atoms with Crippen molar-refractivity contribution in [3.05, 3.63) is 95.4 Å². The summed E-state index contributed by atoms with van der Waals surface area (Å²) in [5.41, 5.74) is -0.776. The molecule has 0 bridgehead atoms. The summed E-state index contributed by atoms with van der Waals surface area (Å²) in [5.74, 6) is -2.75. The Labute approximate surface area is 222 Å². The number of rotatable bonds is 8. The van der Waals surface area contributed by atoms with E-state index in [1.54, 1.807) is 18.2 Å². The highest BCUT2D eigenvalue weighted by molar-refractivity contribution is 8.00. The topological polar surface area (TPSA) is 127 Å². The number of carboxylic acids is 1. The summed E-state index contributed by atoms with van der Waals surface area (Å²) in [6.45, 7) is 0. The number of nitrogens with zero attached hydrogens (tertiary/aromatic N) is 1. The average Bonchev–Trinajstić information content (AvgIpc) is 2.83. The van der Waals surface area contributed by atoms with Crippen molar-refractivity contribution in [2.75, 3.05) is 11.1 Å². The number of carboxylic acid groups (broad SMARTS) is 1. The van der Waals surface area contributed by atoms with Gasteiger partial charge in [-0.2, -0.15) is 0 Å². The largest absolute Gasteiger partial charge is 0.478 e. The van der Waals surface area contributed by atoms with Crippen LogP contribution in [0.4, 0.5) is 11.4 Å². The molecule has 1 amide bonds. The van der Waals surface area contributed by atoms with Crippen LogP contribution < -0.4 is 5.32 Å². The van der Waals surface area contributed by atoms with Gasteiger partial charge in [0.05, 0.1) is 41.9 Å². The lowest BCUT2D eigenvalue weighted by molar-refractivity contribution is -0.384. The van der Waals surface area contributed by atoms with E-state index >= 15 is 0 Å². The summed E-state index contributed by atoms with van der Waals surface area (Å²) in [4.78, 5) is 48.0. The molecule has 13 heteroatoms. The van der Waals surface area contributed by atoms with Gasteiger partial charge < -0.3 is 10.4 Å². The summed E-state index contributed by atoms with van der Waals surface area (Å²) in [6.07, 6.45) is 0. The number of nitro groups is 1. The number of amides is 1. The van der Waals surface area contributed by atoms with E-state index in [0.29, 0.717) is 4.90 Å². The van der Waals surface area contributed by atoms with E-state index in [-0.39, 0.29) is 43.5 Å². The number of halogens is 4. The molecule has 3 aromatic rings.